The summed E-state index contributed by atoms with van der Waals surface area (Å²) in [5.74, 6) is 0.625. The van der Waals surface area contributed by atoms with Crippen molar-refractivity contribution in [2.24, 2.45) is 11.3 Å². The lowest BCUT2D eigenvalue weighted by Gasteiger charge is -2.30. The predicted octanol–water partition coefficient (Wildman–Crippen LogP) is 1.54. The normalized spacial score (nSPS) is 26.2. The molecule has 0 heterocycles. The Balaban J connectivity index is 2.23. The van der Waals surface area contributed by atoms with Crippen LogP contribution < -0.4 is 5.32 Å². The molecule has 0 amide bonds. The summed E-state index contributed by atoms with van der Waals surface area (Å²) < 4.78 is 0. The second-order valence-electron chi connectivity index (χ2n) is 5.33. The second-order valence-corrected chi connectivity index (χ2v) is 5.33. The van der Waals surface area contributed by atoms with Gasteiger partial charge in [0.2, 0.25) is 0 Å². The number of rotatable bonds is 7. The first-order valence-electron chi connectivity index (χ1n) is 6.65. The van der Waals surface area contributed by atoms with Gasteiger partial charge < -0.3 is 15.5 Å². The molecule has 1 aliphatic rings. The quantitative estimate of drug-likeness (QED) is 0.620. The average Bonchev–Trinajstić information content (AvgIpc) is 2.71. The number of aliphatic hydroxyl groups excluding tert-OH is 2. The van der Waals surface area contributed by atoms with Crippen molar-refractivity contribution in [1.82, 2.24) is 5.32 Å². The summed E-state index contributed by atoms with van der Waals surface area (Å²) in [5.41, 5.74) is 0.0528. The van der Waals surface area contributed by atoms with E-state index >= 15 is 0 Å². The zero-order valence-electron chi connectivity index (χ0n) is 10.7. The Morgan fingerprint density at radius 2 is 1.94 bits per heavy atom. The van der Waals surface area contributed by atoms with Crippen LogP contribution in [-0.4, -0.2) is 36.0 Å². The maximum atomic E-state index is 9.43. The van der Waals surface area contributed by atoms with Gasteiger partial charge in [0.05, 0.1) is 6.10 Å². The highest BCUT2D eigenvalue weighted by atomic mass is 16.3. The first kappa shape index (κ1) is 13.9. The van der Waals surface area contributed by atoms with E-state index in [0.29, 0.717) is 5.92 Å². The minimum atomic E-state index is -0.0771. The predicted molar refractivity (Wildman–Crippen MR) is 66.3 cm³/mol. The van der Waals surface area contributed by atoms with Gasteiger partial charge in [-0.3, -0.25) is 0 Å². The molecule has 0 saturated heterocycles. The van der Waals surface area contributed by atoms with Gasteiger partial charge in [0.25, 0.3) is 0 Å². The minimum absolute atomic E-state index is 0.0528. The Morgan fingerprint density at radius 1 is 1.25 bits per heavy atom. The molecule has 3 heteroatoms. The molecule has 3 N–H and O–H groups in total. The largest absolute Gasteiger partial charge is 0.396 e. The summed E-state index contributed by atoms with van der Waals surface area (Å²) in [7, 11) is 0. The van der Waals surface area contributed by atoms with E-state index in [9.17, 15) is 10.2 Å². The van der Waals surface area contributed by atoms with Crippen molar-refractivity contribution in [3.05, 3.63) is 0 Å². The molecule has 1 rings (SSSR count). The van der Waals surface area contributed by atoms with Gasteiger partial charge in [-0.2, -0.15) is 0 Å². The van der Waals surface area contributed by atoms with Crippen molar-refractivity contribution in [2.45, 2.75) is 52.1 Å². The molecule has 3 nitrogen and oxygen atoms in total. The van der Waals surface area contributed by atoms with Crippen LogP contribution in [0.25, 0.3) is 0 Å². The third-order valence-electron chi connectivity index (χ3n) is 4.28. The van der Waals surface area contributed by atoms with Crippen LogP contribution in [0.5, 0.6) is 0 Å². The summed E-state index contributed by atoms with van der Waals surface area (Å²) >= 11 is 0. The van der Waals surface area contributed by atoms with Crippen LogP contribution in [0, 0.1) is 11.3 Å². The van der Waals surface area contributed by atoms with Gasteiger partial charge in [0, 0.05) is 18.6 Å². The minimum Gasteiger partial charge on any atom is -0.396 e. The number of aliphatic hydroxyl groups is 2. The van der Waals surface area contributed by atoms with Crippen molar-refractivity contribution in [2.75, 3.05) is 19.7 Å². The molecule has 1 fully saturated rings. The zero-order chi connectivity index (χ0) is 12.0. The SMILES string of the molecule is CCC(CC)(CO)CNCC1CCC(O)C1. The summed E-state index contributed by atoms with van der Waals surface area (Å²) in [5, 5.41) is 22.3. The molecule has 16 heavy (non-hydrogen) atoms. The summed E-state index contributed by atoms with van der Waals surface area (Å²) in [6, 6.07) is 0. The molecular weight excluding hydrogens is 202 g/mol. The molecule has 0 aromatic heterocycles. The van der Waals surface area contributed by atoms with E-state index in [1.54, 1.807) is 0 Å². The Morgan fingerprint density at radius 3 is 2.38 bits per heavy atom. The van der Waals surface area contributed by atoms with E-state index in [4.69, 9.17) is 0 Å². The second kappa shape index (κ2) is 6.58. The molecule has 1 aliphatic carbocycles. The van der Waals surface area contributed by atoms with E-state index in [1.807, 2.05) is 0 Å². The highest BCUT2D eigenvalue weighted by Gasteiger charge is 2.26. The molecule has 0 aromatic carbocycles. The topological polar surface area (TPSA) is 52.5 Å². The molecule has 96 valence electrons. The van der Waals surface area contributed by atoms with E-state index in [2.05, 4.69) is 19.2 Å². The molecule has 1 saturated carbocycles. The smallest absolute Gasteiger partial charge is 0.0543 e. The van der Waals surface area contributed by atoms with Crippen molar-refractivity contribution < 1.29 is 10.2 Å². The summed E-state index contributed by atoms with van der Waals surface area (Å²) in [4.78, 5) is 0. The van der Waals surface area contributed by atoms with E-state index in [1.165, 1.54) is 0 Å². The fourth-order valence-electron chi connectivity index (χ4n) is 2.55. The molecule has 2 atom stereocenters. The Kier molecular flexibility index (Phi) is 5.73. The highest BCUT2D eigenvalue weighted by Crippen LogP contribution is 2.27. The van der Waals surface area contributed by atoms with Gasteiger partial charge in [-0.1, -0.05) is 13.8 Å². The van der Waals surface area contributed by atoms with E-state index in [0.717, 1.165) is 45.2 Å². The van der Waals surface area contributed by atoms with Gasteiger partial charge in [0.15, 0.2) is 0 Å². The zero-order valence-corrected chi connectivity index (χ0v) is 10.7. The molecule has 0 bridgehead atoms. The molecular formula is C13H27NO2. The summed E-state index contributed by atoms with van der Waals surface area (Å²) in [6.45, 7) is 6.42. The summed E-state index contributed by atoms with van der Waals surface area (Å²) in [6.07, 6.45) is 4.99. The third-order valence-corrected chi connectivity index (χ3v) is 4.28. The molecule has 0 spiro atoms. The van der Waals surface area contributed by atoms with Gasteiger partial charge in [0.1, 0.15) is 0 Å². The van der Waals surface area contributed by atoms with Crippen LogP contribution in [0.2, 0.25) is 0 Å². The van der Waals surface area contributed by atoms with Crippen molar-refractivity contribution in [1.29, 1.82) is 0 Å². The highest BCUT2D eigenvalue weighted by molar-refractivity contribution is 4.81. The Labute approximate surface area is 99.3 Å². The fraction of sp³-hybridized carbons (Fsp3) is 1.00. The first-order chi connectivity index (χ1) is 7.65. The van der Waals surface area contributed by atoms with Crippen LogP contribution >= 0.6 is 0 Å². The first-order valence-corrected chi connectivity index (χ1v) is 6.65. The van der Waals surface area contributed by atoms with Crippen LogP contribution in [0.15, 0.2) is 0 Å². The number of hydrogen-bond donors (Lipinski definition) is 3. The van der Waals surface area contributed by atoms with Crippen LogP contribution in [-0.2, 0) is 0 Å². The standard InChI is InChI=1S/C13H27NO2/c1-3-13(4-2,10-15)9-14-8-11-5-6-12(16)7-11/h11-12,14-16H,3-10H2,1-2H3. The van der Waals surface area contributed by atoms with Gasteiger partial charge in [-0.05, 0) is 44.6 Å². The van der Waals surface area contributed by atoms with E-state index in [-0.39, 0.29) is 18.1 Å². The average molecular weight is 229 g/mol. The lowest BCUT2D eigenvalue weighted by molar-refractivity contribution is 0.111. The van der Waals surface area contributed by atoms with Gasteiger partial charge >= 0.3 is 0 Å². The van der Waals surface area contributed by atoms with Gasteiger partial charge in [-0.25, -0.2) is 0 Å². The number of hydrogen-bond acceptors (Lipinski definition) is 3. The molecule has 0 aromatic rings. The van der Waals surface area contributed by atoms with Crippen molar-refractivity contribution in [3.63, 3.8) is 0 Å². The van der Waals surface area contributed by atoms with Crippen molar-refractivity contribution in [3.8, 4) is 0 Å². The number of nitrogens with one attached hydrogen (secondary N) is 1. The maximum Gasteiger partial charge on any atom is 0.0543 e. The van der Waals surface area contributed by atoms with Crippen molar-refractivity contribution >= 4 is 0 Å². The fourth-order valence-corrected chi connectivity index (χ4v) is 2.55. The van der Waals surface area contributed by atoms with Gasteiger partial charge in [-0.15, -0.1) is 0 Å². The van der Waals surface area contributed by atoms with E-state index < -0.39 is 0 Å². The van der Waals surface area contributed by atoms with Crippen LogP contribution in [0.4, 0.5) is 0 Å². The third kappa shape index (κ3) is 3.72. The maximum absolute atomic E-state index is 9.43. The Bertz CT molecular complexity index is 184. The lowest BCUT2D eigenvalue weighted by atomic mass is 9.83. The molecule has 0 aliphatic heterocycles. The molecule has 2 unspecified atom stereocenters. The Hall–Kier alpha value is -0.120. The van der Waals surface area contributed by atoms with Crippen LogP contribution in [0.3, 0.4) is 0 Å². The lowest BCUT2D eigenvalue weighted by Crippen LogP contribution is -2.38. The molecule has 0 radical (unpaired) electrons. The monoisotopic (exact) mass is 229 g/mol. The van der Waals surface area contributed by atoms with Crippen LogP contribution in [0.1, 0.15) is 46.0 Å².